The van der Waals surface area contributed by atoms with Crippen molar-refractivity contribution in [1.82, 2.24) is 0 Å². The molecule has 1 unspecified atom stereocenters. The number of aliphatic carboxylic acids is 1. The molecule has 0 amide bonds. The summed E-state index contributed by atoms with van der Waals surface area (Å²) in [7, 11) is 0. The lowest BCUT2D eigenvalue weighted by Crippen LogP contribution is -2.27. The molecule has 11 heavy (non-hydrogen) atoms. The highest BCUT2D eigenvalue weighted by atomic mass is 16.4. The molecule has 2 nitrogen and oxygen atoms in total. The molecule has 0 saturated heterocycles. The van der Waals surface area contributed by atoms with Crippen molar-refractivity contribution in [3.05, 3.63) is 0 Å². The highest BCUT2D eigenvalue weighted by Crippen LogP contribution is 2.51. The van der Waals surface area contributed by atoms with Crippen LogP contribution in [0, 0.1) is 23.7 Å². The molecule has 0 heterocycles. The summed E-state index contributed by atoms with van der Waals surface area (Å²) in [5.74, 6) is 1.08. The number of carbonyl (C=O) groups is 1. The summed E-state index contributed by atoms with van der Waals surface area (Å²) in [5.41, 5.74) is 0. The van der Waals surface area contributed by atoms with Crippen LogP contribution in [0.25, 0.3) is 0 Å². The fourth-order valence-corrected chi connectivity index (χ4v) is 3.01. The summed E-state index contributed by atoms with van der Waals surface area (Å²) in [6.45, 7) is 2.10. The average molecular weight is 154 g/mol. The largest absolute Gasteiger partial charge is 0.481 e. The molecule has 2 heteroatoms. The lowest BCUT2D eigenvalue weighted by Gasteiger charge is -2.24. The van der Waals surface area contributed by atoms with Crippen LogP contribution >= 0.6 is 0 Å². The van der Waals surface area contributed by atoms with Gasteiger partial charge < -0.3 is 5.11 Å². The van der Waals surface area contributed by atoms with Gasteiger partial charge in [0.15, 0.2) is 0 Å². The van der Waals surface area contributed by atoms with Crippen LogP contribution in [0.2, 0.25) is 0 Å². The quantitative estimate of drug-likeness (QED) is 0.624. The lowest BCUT2D eigenvalue weighted by molar-refractivity contribution is -0.145. The van der Waals surface area contributed by atoms with Gasteiger partial charge in [0.25, 0.3) is 0 Å². The predicted octanol–water partition coefficient (Wildman–Crippen LogP) is 1.75. The van der Waals surface area contributed by atoms with Crippen molar-refractivity contribution in [2.75, 3.05) is 0 Å². The van der Waals surface area contributed by atoms with Crippen molar-refractivity contribution < 1.29 is 9.90 Å². The van der Waals surface area contributed by atoms with Gasteiger partial charge in [0.1, 0.15) is 0 Å². The van der Waals surface area contributed by atoms with E-state index in [-0.39, 0.29) is 5.92 Å². The summed E-state index contributed by atoms with van der Waals surface area (Å²) >= 11 is 0. The van der Waals surface area contributed by atoms with E-state index in [2.05, 4.69) is 6.92 Å². The Kier molecular flexibility index (Phi) is 1.44. The first kappa shape index (κ1) is 7.14. The van der Waals surface area contributed by atoms with E-state index < -0.39 is 5.97 Å². The summed E-state index contributed by atoms with van der Waals surface area (Å²) in [5, 5.41) is 8.91. The third-order valence-corrected chi connectivity index (χ3v) is 3.62. The van der Waals surface area contributed by atoms with Gasteiger partial charge in [-0.3, -0.25) is 4.79 Å². The van der Waals surface area contributed by atoms with E-state index in [1.54, 1.807) is 0 Å². The average Bonchev–Trinajstić information content (AvgIpc) is 2.44. The van der Waals surface area contributed by atoms with Crippen molar-refractivity contribution in [3.8, 4) is 0 Å². The number of hydrogen-bond donors (Lipinski definition) is 1. The Morgan fingerprint density at radius 1 is 1.36 bits per heavy atom. The molecule has 0 aromatic heterocycles. The van der Waals surface area contributed by atoms with E-state index in [0.717, 1.165) is 12.3 Å². The van der Waals surface area contributed by atoms with E-state index in [0.29, 0.717) is 11.8 Å². The first-order chi connectivity index (χ1) is 5.20. The van der Waals surface area contributed by atoms with Crippen molar-refractivity contribution in [3.63, 3.8) is 0 Å². The second kappa shape index (κ2) is 2.23. The molecule has 4 atom stereocenters. The van der Waals surface area contributed by atoms with Crippen LogP contribution in [0.1, 0.15) is 26.2 Å². The topological polar surface area (TPSA) is 37.3 Å². The minimum atomic E-state index is -0.565. The Hall–Kier alpha value is -0.530. The first-order valence-electron chi connectivity index (χ1n) is 4.43. The van der Waals surface area contributed by atoms with Crippen LogP contribution in [0.5, 0.6) is 0 Å². The van der Waals surface area contributed by atoms with Gasteiger partial charge in [-0.2, -0.15) is 0 Å². The fraction of sp³-hybridized carbons (Fsp3) is 0.889. The molecule has 2 aliphatic carbocycles. The highest BCUT2D eigenvalue weighted by Gasteiger charge is 2.48. The summed E-state index contributed by atoms with van der Waals surface area (Å²) in [6.07, 6.45) is 3.61. The molecule has 2 fully saturated rings. The van der Waals surface area contributed by atoms with E-state index in [4.69, 9.17) is 5.11 Å². The minimum Gasteiger partial charge on any atom is -0.481 e. The van der Waals surface area contributed by atoms with Gasteiger partial charge in [-0.05, 0) is 37.0 Å². The molecule has 2 aliphatic rings. The molecule has 2 saturated carbocycles. The third kappa shape index (κ3) is 0.883. The monoisotopic (exact) mass is 154 g/mol. The first-order valence-corrected chi connectivity index (χ1v) is 4.43. The van der Waals surface area contributed by atoms with E-state index >= 15 is 0 Å². The van der Waals surface area contributed by atoms with Gasteiger partial charge in [-0.25, -0.2) is 0 Å². The van der Waals surface area contributed by atoms with Crippen LogP contribution in [0.15, 0.2) is 0 Å². The highest BCUT2D eigenvalue weighted by molar-refractivity contribution is 5.71. The summed E-state index contributed by atoms with van der Waals surface area (Å²) in [6, 6.07) is 0. The molecular weight excluding hydrogens is 140 g/mol. The van der Waals surface area contributed by atoms with Crippen LogP contribution in [0.3, 0.4) is 0 Å². The van der Waals surface area contributed by atoms with E-state index in [1.165, 1.54) is 12.8 Å². The van der Waals surface area contributed by atoms with Gasteiger partial charge >= 0.3 is 5.97 Å². The van der Waals surface area contributed by atoms with E-state index in [9.17, 15) is 4.79 Å². The van der Waals surface area contributed by atoms with Crippen LogP contribution < -0.4 is 0 Å². The number of rotatable bonds is 1. The normalized spacial score (nSPS) is 48.1. The van der Waals surface area contributed by atoms with Crippen molar-refractivity contribution >= 4 is 5.97 Å². The maximum atomic E-state index is 10.8. The maximum absolute atomic E-state index is 10.8. The van der Waals surface area contributed by atoms with Crippen LogP contribution in [0.4, 0.5) is 0 Å². The SMILES string of the molecule is C[C@@H]1[C@@H]2CCC(C2)[C@@H]1C(=O)O. The molecule has 2 rings (SSSR count). The zero-order valence-corrected chi connectivity index (χ0v) is 6.79. The summed E-state index contributed by atoms with van der Waals surface area (Å²) < 4.78 is 0. The Balaban J connectivity index is 2.17. The van der Waals surface area contributed by atoms with E-state index in [1.807, 2.05) is 0 Å². The van der Waals surface area contributed by atoms with Crippen LogP contribution in [-0.2, 0) is 4.79 Å². The molecular formula is C9H14O2. The van der Waals surface area contributed by atoms with Gasteiger partial charge in [-0.15, -0.1) is 0 Å². The zero-order chi connectivity index (χ0) is 8.01. The Bertz CT molecular complexity index is 186. The van der Waals surface area contributed by atoms with Crippen molar-refractivity contribution in [2.45, 2.75) is 26.2 Å². The van der Waals surface area contributed by atoms with Gasteiger partial charge in [0.05, 0.1) is 5.92 Å². The van der Waals surface area contributed by atoms with Gasteiger partial charge in [0.2, 0.25) is 0 Å². The molecule has 2 bridgehead atoms. The Morgan fingerprint density at radius 3 is 2.36 bits per heavy atom. The standard InChI is InChI=1S/C9H14O2/c1-5-6-2-3-7(4-6)8(5)9(10)11/h5-8H,2-4H2,1H3,(H,10,11)/t5-,6-,7?,8-/m1/s1. The van der Waals surface area contributed by atoms with Crippen molar-refractivity contribution in [2.24, 2.45) is 23.7 Å². The number of carboxylic acids is 1. The third-order valence-electron chi connectivity index (χ3n) is 3.62. The van der Waals surface area contributed by atoms with Gasteiger partial charge in [-0.1, -0.05) is 6.92 Å². The lowest BCUT2D eigenvalue weighted by atomic mass is 9.81. The molecule has 0 spiro atoms. The fourth-order valence-electron chi connectivity index (χ4n) is 3.01. The zero-order valence-electron chi connectivity index (χ0n) is 6.79. The second-order valence-electron chi connectivity index (χ2n) is 4.06. The smallest absolute Gasteiger partial charge is 0.307 e. The molecule has 0 aliphatic heterocycles. The Labute approximate surface area is 66.6 Å². The predicted molar refractivity (Wildman–Crippen MR) is 41.1 cm³/mol. The number of hydrogen-bond acceptors (Lipinski definition) is 1. The summed E-state index contributed by atoms with van der Waals surface area (Å²) in [4.78, 5) is 10.8. The second-order valence-corrected chi connectivity index (χ2v) is 4.06. The molecule has 0 aromatic carbocycles. The molecule has 0 radical (unpaired) electrons. The minimum absolute atomic E-state index is 0.0197. The number of carboxylic acid groups (broad SMARTS) is 1. The number of fused-ring (bicyclic) bond motifs is 2. The van der Waals surface area contributed by atoms with Crippen molar-refractivity contribution in [1.29, 1.82) is 0 Å². The molecule has 1 N–H and O–H groups in total. The van der Waals surface area contributed by atoms with Crippen LogP contribution in [-0.4, -0.2) is 11.1 Å². The Morgan fingerprint density at radius 2 is 2.00 bits per heavy atom. The molecule has 0 aromatic rings. The maximum Gasteiger partial charge on any atom is 0.307 e. The van der Waals surface area contributed by atoms with Gasteiger partial charge in [0, 0.05) is 0 Å². The molecule has 62 valence electrons.